The van der Waals surface area contributed by atoms with Crippen molar-refractivity contribution in [2.45, 2.75) is 44.4 Å². The van der Waals surface area contributed by atoms with Crippen LogP contribution < -0.4 is 11.1 Å². The number of hydrogen-bond acceptors (Lipinski definition) is 5. The Balaban J connectivity index is 1.61. The van der Waals surface area contributed by atoms with Crippen molar-refractivity contribution in [1.82, 2.24) is 9.88 Å². The highest BCUT2D eigenvalue weighted by atomic mass is 19.1. The van der Waals surface area contributed by atoms with Crippen LogP contribution in [0.15, 0.2) is 12.1 Å². The van der Waals surface area contributed by atoms with Crippen LogP contribution in [0.4, 0.5) is 16.0 Å². The second-order valence-electron chi connectivity index (χ2n) is 6.27. The summed E-state index contributed by atoms with van der Waals surface area (Å²) in [5, 5.41) is 3.42. The van der Waals surface area contributed by atoms with Gasteiger partial charge in [-0.15, -0.1) is 0 Å². The molecule has 1 aliphatic carbocycles. The molecule has 2 heterocycles. The first-order chi connectivity index (χ1) is 10.7. The molecule has 122 valence electrons. The second-order valence-corrected chi connectivity index (χ2v) is 6.27. The smallest absolute Gasteiger partial charge is 0.128 e. The van der Waals surface area contributed by atoms with Crippen LogP contribution in [-0.4, -0.2) is 48.4 Å². The number of hydrogen-bond donors (Lipinski definition) is 2. The van der Waals surface area contributed by atoms with Crippen molar-refractivity contribution in [3.8, 4) is 0 Å². The molecule has 0 bridgehead atoms. The molecule has 0 amide bonds. The highest BCUT2D eigenvalue weighted by molar-refractivity contribution is 5.47. The van der Waals surface area contributed by atoms with E-state index >= 15 is 0 Å². The van der Waals surface area contributed by atoms with Gasteiger partial charge in [-0.05, 0) is 43.4 Å². The Kier molecular flexibility index (Phi) is 5.10. The molecule has 3 N–H and O–H groups in total. The maximum Gasteiger partial charge on any atom is 0.128 e. The van der Waals surface area contributed by atoms with Crippen LogP contribution in [-0.2, 0) is 11.3 Å². The Morgan fingerprint density at radius 2 is 1.95 bits per heavy atom. The summed E-state index contributed by atoms with van der Waals surface area (Å²) in [5.41, 5.74) is 7.10. The molecule has 1 aromatic heterocycles. The molecule has 6 heteroatoms. The summed E-state index contributed by atoms with van der Waals surface area (Å²) in [4.78, 5) is 6.73. The van der Waals surface area contributed by atoms with Gasteiger partial charge in [-0.25, -0.2) is 9.37 Å². The van der Waals surface area contributed by atoms with Gasteiger partial charge in [0.15, 0.2) is 0 Å². The molecule has 1 aliphatic heterocycles. The van der Waals surface area contributed by atoms with Gasteiger partial charge in [0.1, 0.15) is 17.8 Å². The van der Waals surface area contributed by atoms with Crippen molar-refractivity contribution >= 4 is 11.6 Å². The number of morpholine rings is 1. The summed E-state index contributed by atoms with van der Waals surface area (Å²) in [5.74, 6) is 1.35. The van der Waals surface area contributed by atoms with Crippen molar-refractivity contribution in [3.05, 3.63) is 17.7 Å². The van der Waals surface area contributed by atoms with E-state index < -0.39 is 6.17 Å². The largest absolute Gasteiger partial charge is 0.384 e. The molecular weight excluding hydrogens is 283 g/mol. The molecule has 2 fully saturated rings. The first kappa shape index (κ1) is 15.5. The summed E-state index contributed by atoms with van der Waals surface area (Å²) in [6.45, 7) is 4.34. The molecule has 3 rings (SSSR count). The molecular formula is C16H25FN4O. The minimum Gasteiger partial charge on any atom is -0.384 e. The van der Waals surface area contributed by atoms with Gasteiger partial charge in [0, 0.05) is 25.7 Å². The van der Waals surface area contributed by atoms with E-state index in [1.54, 1.807) is 0 Å². The first-order valence-corrected chi connectivity index (χ1v) is 8.16. The summed E-state index contributed by atoms with van der Waals surface area (Å²) in [6.07, 6.45) is 2.36. The Morgan fingerprint density at radius 3 is 2.68 bits per heavy atom. The highest BCUT2D eigenvalue weighted by Crippen LogP contribution is 2.24. The lowest BCUT2D eigenvalue weighted by Crippen LogP contribution is -2.35. The number of nitrogen functional groups attached to an aromatic ring is 1. The molecule has 0 unspecified atom stereocenters. The molecule has 1 saturated heterocycles. The van der Waals surface area contributed by atoms with E-state index in [-0.39, 0.29) is 0 Å². The fourth-order valence-electron chi connectivity index (χ4n) is 3.20. The molecule has 1 saturated carbocycles. The minimum absolute atomic E-state index is 0.303. The van der Waals surface area contributed by atoms with Gasteiger partial charge in [-0.3, -0.25) is 4.90 Å². The van der Waals surface area contributed by atoms with Crippen LogP contribution in [0.3, 0.4) is 0 Å². The predicted molar refractivity (Wildman–Crippen MR) is 85.5 cm³/mol. The van der Waals surface area contributed by atoms with E-state index in [9.17, 15) is 4.39 Å². The average Bonchev–Trinajstić information content (AvgIpc) is 2.50. The maximum atomic E-state index is 13.2. The maximum absolute atomic E-state index is 13.2. The topological polar surface area (TPSA) is 63.4 Å². The van der Waals surface area contributed by atoms with Gasteiger partial charge in [-0.1, -0.05) is 0 Å². The van der Waals surface area contributed by atoms with Crippen LogP contribution in [0.1, 0.15) is 31.2 Å². The number of nitrogens with one attached hydrogen (secondary N) is 1. The Labute approximate surface area is 131 Å². The Bertz CT molecular complexity index is 485. The van der Waals surface area contributed by atoms with Gasteiger partial charge in [0.25, 0.3) is 0 Å². The molecule has 1 aromatic rings. The minimum atomic E-state index is -0.635. The Hall–Kier alpha value is -1.40. The van der Waals surface area contributed by atoms with E-state index in [0.717, 1.165) is 57.1 Å². The number of nitrogens with zero attached hydrogens (tertiary/aromatic N) is 2. The first-order valence-electron chi connectivity index (χ1n) is 8.16. The van der Waals surface area contributed by atoms with Crippen molar-refractivity contribution in [2.75, 3.05) is 37.4 Å². The third-order valence-corrected chi connectivity index (χ3v) is 4.42. The molecule has 22 heavy (non-hydrogen) atoms. The fourth-order valence-corrected chi connectivity index (χ4v) is 3.20. The third kappa shape index (κ3) is 4.30. The van der Waals surface area contributed by atoms with Gasteiger partial charge < -0.3 is 15.8 Å². The number of rotatable bonds is 4. The van der Waals surface area contributed by atoms with Crippen molar-refractivity contribution in [3.63, 3.8) is 0 Å². The molecule has 5 nitrogen and oxygen atoms in total. The summed E-state index contributed by atoms with van der Waals surface area (Å²) < 4.78 is 18.6. The lowest BCUT2D eigenvalue weighted by Gasteiger charge is -2.27. The number of nitrogens with two attached hydrogens (primary N) is 1. The number of anilines is 2. The van der Waals surface area contributed by atoms with Crippen LogP contribution >= 0.6 is 0 Å². The zero-order chi connectivity index (χ0) is 15.4. The Morgan fingerprint density at radius 1 is 1.23 bits per heavy atom. The van der Waals surface area contributed by atoms with E-state index in [2.05, 4.69) is 21.3 Å². The van der Waals surface area contributed by atoms with Crippen molar-refractivity contribution in [1.29, 1.82) is 0 Å². The fraction of sp³-hybridized carbons (Fsp3) is 0.688. The van der Waals surface area contributed by atoms with Crippen LogP contribution in [0.5, 0.6) is 0 Å². The molecule has 0 atom stereocenters. The van der Waals surface area contributed by atoms with Crippen molar-refractivity contribution < 1.29 is 9.13 Å². The van der Waals surface area contributed by atoms with E-state index in [1.165, 1.54) is 0 Å². The highest BCUT2D eigenvalue weighted by Gasteiger charge is 2.21. The zero-order valence-corrected chi connectivity index (χ0v) is 12.9. The molecule has 2 aliphatic rings. The summed E-state index contributed by atoms with van der Waals surface area (Å²) >= 11 is 0. The van der Waals surface area contributed by atoms with Gasteiger partial charge in [0.05, 0.1) is 13.2 Å². The van der Waals surface area contributed by atoms with Crippen LogP contribution in [0.2, 0.25) is 0 Å². The molecule has 0 spiro atoms. The van der Waals surface area contributed by atoms with E-state index in [4.69, 9.17) is 10.5 Å². The quantitative estimate of drug-likeness (QED) is 0.893. The average molecular weight is 308 g/mol. The monoisotopic (exact) mass is 308 g/mol. The normalized spacial score (nSPS) is 26.8. The van der Waals surface area contributed by atoms with E-state index in [1.807, 2.05) is 6.07 Å². The standard InChI is InChI=1S/C16H25FN4O/c17-13-1-3-14(4-2-13)19-16-10-12(9-15(18)20-16)11-21-5-7-22-8-6-21/h9-10,13-14H,1-8,11H2,(H3,18,19,20). The summed E-state index contributed by atoms with van der Waals surface area (Å²) in [6, 6.07) is 4.30. The van der Waals surface area contributed by atoms with Crippen LogP contribution in [0.25, 0.3) is 0 Å². The van der Waals surface area contributed by atoms with Crippen molar-refractivity contribution in [2.24, 2.45) is 0 Å². The third-order valence-electron chi connectivity index (χ3n) is 4.42. The second kappa shape index (κ2) is 7.24. The number of alkyl halides is 1. The SMILES string of the molecule is Nc1cc(CN2CCOCC2)cc(NC2CCC(F)CC2)n1. The lowest BCUT2D eigenvalue weighted by molar-refractivity contribution is 0.0342. The number of pyridine rings is 1. The number of aromatic nitrogens is 1. The van der Waals surface area contributed by atoms with Gasteiger partial charge in [-0.2, -0.15) is 0 Å². The number of halogens is 1. The van der Waals surface area contributed by atoms with E-state index in [0.29, 0.717) is 24.7 Å². The lowest BCUT2D eigenvalue weighted by atomic mass is 9.94. The predicted octanol–water partition coefficient (Wildman–Crippen LogP) is 2.19. The number of ether oxygens (including phenoxy) is 1. The molecule has 0 aromatic carbocycles. The van der Waals surface area contributed by atoms with Gasteiger partial charge in [0.2, 0.25) is 0 Å². The van der Waals surface area contributed by atoms with Crippen LogP contribution in [0, 0.1) is 0 Å². The summed E-state index contributed by atoms with van der Waals surface area (Å²) in [7, 11) is 0. The zero-order valence-electron chi connectivity index (χ0n) is 12.9. The molecule has 0 radical (unpaired) electrons. The van der Waals surface area contributed by atoms with Gasteiger partial charge >= 0.3 is 0 Å².